The number of fused-ring (bicyclic) bond motifs is 1. The van der Waals surface area contributed by atoms with E-state index in [4.69, 9.17) is 0 Å². The second kappa shape index (κ2) is 8.07. The average molecular weight is 437 g/mol. The summed E-state index contributed by atoms with van der Waals surface area (Å²) in [5.41, 5.74) is 0.682. The van der Waals surface area contributed by atoms with Crippen LogP contribution in [0.4, 0.5) is 35.9 Å². The highest BCUT2D eigenvalue weighted by Crippen LogP contribution is 2.36. The molecule has 1 fully saturated rings. The molecule has 6 nitrogen and oxygen atoms in total. The van der Waals surface area contributed by atoms with Gasteiger partial charge in [0.2, 0.25) is 0 Å². The van der Waals surface area contributed by atoms with Gasteiger partial charge in [0.05, 0.1) is 5.52 Å². The molecule has 0 saturated carbocycles. The fraction of sp³-hybridized carbons (Fsp3) is 0.444. The fourth-order valence-corrected chi connectivity index (χ4v) is 3.21. The zero-order valence-corrected chi connectivity index (χ0v) is 15.3. The van der Waals surface area contributed by atoms with Crippen molar-refractivity contribution in [1.29, 1.82) is 0 Å². The van der Waals surface area contributed by atoms with Gasteiger partial charge in [0.25, 0.3) is 6.10 Å². The van der Waals surface area contributed by atoms with Gasteiger partial charge >= 0.3 is 24.5 Å². The first-order valence-corrected chi connectivity index (χ1v) is 8.93. The molecule has 0 unspecified atom stereocenters. The summed E-state index contributed by atoms with van der Waals surface area (Å²) in [5.74, 6) is 0. The van der Waals surface area contributed by atoms with Gasteiger partial charge in [-0.2, -0.15) is 26.3 Å². The zero-order valence-electron chi connectivity index (χ0n) is 15.3. The Morgan fingerprint density at radius 1 is 1.00 bits per heavy atom. The number of piperidine rings is 1. The number of benzene rings is 1. The first-order chi connectivity index (χ1) is 14.0. The molecule has 1 saturated heterocycles. The van der Waals surface area contributed by atoms with Crippen LogP contribution >= 0.6 is 0 Å². The third-order valence-electron chi connectivity index (χ3n) is 4.71. The predicted molar refractivity (Wildman–Crippen MR) is 92.8 cm³/mol. The van der Waals surface area contributed by atoms with Gasteiger partial charge < -0.3 is 15.0 Å². The van der Waals surface area contributed by atoms with Crippen LogP contribution in [0.15, 0.2) is 36.5 Å². The Hall–Kier alpha value is -2.92. The van der Waals surface area contributed by atoms with Gasteiger partial charge in [-0.25, -0.2) is 9.59 Å². The molecule has 12 heteroatoms. The fourth-order valence-electron chi connectivity index (χ4n) is 3.21. The van der Waals surface area contributed by atoms with Gasteiger partial charge in [-0.3, -0.25) is 4.57 Å². The standard InChI is InChI=1S/C18H17F6N3O3/c19-17(20,21)14(18(22,23)24)30-16(29)26-8-6-12(7-9-26)25-15(28)27-10-5-11-3-1-2-4-13(11)27/h1-5,10,12,14H,6-9H2,(H,25,28). The number of alkyl halides is 6. The van der Waals surface area contributed by atoms with Crippen molar-refractivity contribution in [2.75, 3.05) is 13.1 Å². The molecule has 2 heterocycles. The lowest BCUT2D eigenvalue weighted by molar-refractivity contribution is -0.308. The van der Waals surface area contributed by atoms with Crippen LogP contribution in [0, 0.1) is 0 Å². The van der Waals surface area contributed by atoms with E-state index in [9.17, 15) is 35.9 Å². The summed E-state index contributed by atoms with van der Waals surface area (Å²) in [6.45, 7) is -0.308. The Balaban J connectivity index is 1.55. The molecule has 2 aromatic rings. The number of hydrogen-bond donors (Lipinski definition) is 1. The molecule has 164 valence electrons. The van der Waals surface area contributed by atoms with Crippen LogP contribution in [0.5, 0.6) is 0 Å². The van der Waals surface area contributed by atoms with Gasteiger partial charge in [-0.1, -0.05) is 18.2 Å². The van der Waals surface area contributed by atoms with Gasteiger partial charge in [-0.15, -0.1) is 0 Å². The number of nitrogens with one attached hydrogen (secondary N) is 1. The third-order valence-corrected chi connectivity index (χ3v) is 4.71. The smallest absolute Gasteiger partial charge is 0.426 e. The molecule has 30 heavy (non-hydrogen) atoms. The highest BCUT2D eigenvalue weighted by molar-refractivity contribution is 5.91. The van der Waals surface area contributed by atoms with Crippen LogP contribution in [-0.4, -0.2) is 59.2 Å². The van der Waals surface area contributed by atoms with Crippen molar-refractivity contribution in [3.63, 3.8) is 0 Å². The zero-order chi connectivity index (χ0) is 22.1. The minimum atomic E-state index is -5.76. The summed E-state index contributed by atoms with van der Waals surface area (Å²) in [6, 6.07) is 8.11. The Morgan fingerprint density at radius 3 is 2.20 bits per heavy atom. The first-order valence-electron chi connectivity index (χ1n) is 8.93. The van der Waals surface area contributed by atoms with E-state index in [-0.39, 0.29) is 25.9 Å². The number of ether oxygens (including phenoxy) is 1. The molecule has 0 atom stereocenters. The van der Waals surface area contributed by atoms with Crippen LogP contribution in [-0.2, 0) is 4.74 Å². The van der Waals surface area contributed by atoms with Crippen molar-refractivity contribution in [2.24, 2.45) is 0 Å². The monoisotopic (exact) mass is 437 g/mol. The summed E-state index contributed by atoms with van der Waals surface area (Å²) in [6.07, 6.45) is -15.5. The number of nitrogens with zero attached hydrogens (tertiary/aromatic N) is 2. The lowest BCUT2D eigenvalue weighted by Crippen LogP contribution is -2.51. The first kappa shape index (κ1) is 21.8. The largest absolute Gasteiger partial charge is 0.434 e. The van der Waals surface area contributed by atoms with Crippen molar-refractivity contribution in [3.05, 3.63) is 36.5 Å². The number of hydrogen-bond acceptors (Lipinski definition) is 3. The molecule has 0 radical (unpaired) electrons. The predicted octanol–water partition coefficient (Wildman–Crippen LogP) is 4.29. The molecule has 0 bridgehead atoms. The Labute approximate surface area is 166 Å². The van der Waals surface area contributed by atoms with Gasteiger partial charge in [0, 0.05) is 30.7 Å². The van der Waals surface area contributed by atoms with Crippen LogP contribution in [0.2, 0.25) is 0 Å². The van der Waals surface area contributed by atoms with Crippen molar-refractivity contribution in [2.45, 2.75) is 37.3 Å². The number of aromatic nitrogens is 1. The number of halogens is 6. The molecule has 1 aromatic heterocycles. The summed E-state index contributed by atoms with van der Waals surface area (Å²) in [5, 5.41) is 3.60. The number of amides is 2. The minimum absolute atomic E-state index is 0.154. The maximum atomic E-state index is 12.5. The summed E-state index contributed by atoms with van der Waals surface area (Å²) >= 11 is 0. The Bertz CT molecular complexity index is 902. The molecular weight excluding hydrogens is 420 g/mol. The van der Waals surface area contributed by atoms with E-state index in [2.05, 4.69) is 10.1 Å². The molecule has 1 aromatic carbocycles. The van der Waals surface area contributed by atoms with Crippen molar-refractivity contribution >= 4 is 23.0 Å². The van der Waals surface area contributed by atoms with E-state index in [1.54, 1.807) is 24.4 Å². The lowest BCUT2D eigenvalue weighted by atomic mass is 10.1. The number of carbonyl (C=O) groups is 2. The molecular formula is C18H17F6N3O3. The van der Waals surface area contributed by atoms with E-state index < -0.39 is 36.6 Å². The van der Waals surface area contributed by atoms with Crippen molar-refractivity contribution in [3.8, 4) is 0 Å². The van der Waals surface area contributed by atoms with E-state index in [0.29, 0.717) is 5.52 Å². The quantitative estimate of drug-likeness (QED) is 0.713. The highest BCUT2D eigenvalue weighted by Gasteiger charge is 2.60. The third kappa shape index (κ3) is 4.79. The number of likely N-dealkylation sites (tertiary alicyclic amines) is 1. The van der Waals surface area contributed by atoms with Gasteiger partial charge in [0.1, 0.15) is 0 Å². The summed E-state index contributed by atoms with van der Waals surface area (Å²) < 4.78 is 80.3. The van der Waals surface area contributed by atoms with Crippen molar-refractivity contribution in [1.82, 2.24) is 14.8 Å². The maximum Gasteiger partial charge on any atom is 0.434 e. The molecule has 1 N–H and O–H groups in total. The van der Waals surface area contributed by atoms with Crippen LogP contribution < -0.4 is 5.32 Å². The van der Waals surface area contributed by atoms with E-state index in [0.717, 1.165) is 10.3 Å². The SMILES string of the molecule is O=C(OC(C(F)(F)F)C(F)(F)F)N1CCC(NC(=O)n2ccc3ccccc32)CC1. The van der Waals surface area contributed by atoms with Crippen LogP contribution in [0.1, 0.15) is 12.8 Å². The molecule has 1 aliphatic heterocycles. The number of para-hydroxylation sites is 1. The molecule has 1 aliphatic rings. The molecule has 0 aliphatic carbocycles. The Kier molecular flexibility index (Phi) is 5.86. The average Bonchev–Trinajstić information content (AvgIpc) is 3.09. The lowest BCUT2D eigenvalue weighted by Gasteiger charge is -2.33. The normalized spacial score (nSPS) is 16.2. The van der Waals surface area contributed by atoms with Gasteiger partial charge in [0.15, 0.2) is 0 Å². The van der Waals surface area contributed by atoms with Crippen LogP contribution in [0.3, 0.4) is 0 Å². The second-order valence-corrected chi connectivity index (χ2v) is 6.80. The van der Waals surface area contributed by atoms with Crippen LogP contribution in [0.25, 0.3) is 10.9 Å². The topological polar surface area (TPSA) is 63.6 Å². The van der Waals surface area contributed by atoms with E-state index >= 15 is 0 Å². The summed E-state index contributed by atoms with van der Waals surface area (Å²) in [4.78, 5) is 25.0. The van der Waals surface area contributed by atoms with E-state index in [1.165, 1.54) is 4.57 Å². The number of rotatable bonds is 2. The minimum Gasteiger partial charge on any atom is -0.426 e. The summed E-state index contributed by atoms with van der Waals surface area (Å²) in [7, 11) is 0. The maximum absolute atomic E-state index is 12.5. The van der Waals surface area contributed by atoms with Gasteiger partial charge in [-0.05, 0) is 25.0 Å². The highest BCUT2D eigenvalue weighted by atomic mass is 19.4. The molecule has 2 amide bonds. The molecule has 3 rings (SSSR count). The van der Waals surface area contributed by atoms with Crippen molar-refractivity contribution < 1.29 is 40.7 Å². The van der Waals surface area contributed by atoms with E-state index in [1.807, 2.05) is 12.1 Å². The Morgan fingerprint density at radius 2 is 1.60 bits per heavy atom. The molecule has 0 spiro atoms. The second-order valence-electron chi connectivity index (χ2n) is 6.80. The number of carbonyl (C=O) groups excluding carboxylic acids is 2.